The third kappa shape index (κ3) is 3.69. The normalized spacial score (nSPS) is 11.8. The van der Waals surface area contributed by atoms with E-state index in [9.17, 15) is 0 Å². The zero-order chi connectivity index (χ0) is 26.8. The fraction of sp³-hybridized carbons (Fsp3) is 0.0556. The molecule has 8 rings (SSSR count). The third-order valence-corrected chi connectivity index (χ3v) is 7.75. The van der Waals surface area contributed by atoms with Crippen LogP contribution in [0.5, 0.6) is 0 Å². The summed E-state index contributed by atoms with van der Waals surface area (Å²) in [6.45, 7) is 4.04. The first-order chi connectivity index (χ1) is 19.6. The van der Waals surface area contributed by atoms with Gasteiger partial charge in [-0.05, 0) is 61.0 Å². The van der Waals surface area contributed by atoms with Gasteiger partial charge in [0.05, 0.1) is 33.5 Å². The Balaban J connectivity index is 1.21. The van der Waals surface area contributed by atoms with Gasteiger partial charge in [-0.25, -0.2) is 9.97 Å². The number of hydrogen-bond donors (Lipinski definition) is 0. The van der Waals surface area contributed by atoms with Gasteiger partial charge in [-0.3, -0.25) is 9.97 Å². The van der Waals surface area contributed by atoms with Gasteiger partial charge < -0.3 is 0 Å². The topological polar surface area (TPSA) is 51.6 Å². The molecule has 0 aliphatic heterocycles. The molecule has 188 valence electrons. The molecule has 4 aromatic heterocycles. The van der Waals surface area contributed by atoms with E-state index in [4.69, 9.17) is 19.9 Å². The molecule has 0 saturated carbocycles. The van der Waals surface area contributed by atoms with Crippen LogP contribution in [0.15, 0.2) is 109 Å². The molecule has 0 fully saturated rings. The number of benzene rings is 4. The first-order valence-corrected chi connectivity index (χ1v) is 13.5. The summed E-state index contributed by atoms with van der Waals surface area (Å²) in [6, 6.07) is 38.3. The molecule has 0 spiro atoms. The monoisotopic (exact) mass is 512 g/mol. The summed E-state index contributed by atoms with van der Waals surface area (Å²) in [5.74, 6) is 0. The molecule has 40 heavy (non-hydrogen) atoms. The van der Waals surface area contributed by atoms with Crippen LogP contribution in [0, 0.1) is 13.8 Å². The maximum Gasteiger partial charge on any atom is 0.0972 e. The van der Waals surface area contributed by atoms with Gasteiger partial charge in [0.1, 0.15) is 0 Å². The third-order valence-electron chi connectivity index (χ3n) is 7.75. The van der Waals surface area contributed by atoms with Crippen molar-refractivity contribution in [2.75, 3.05) is 0 Å². The summed E-state index contributed by atoms with van der Waals surface area (Å²) < 4.78 is 0. The molecule has 0 aliphatic carbocycles. The second-order valence-electron chi connectivity index (χ2n) is 10.5. The average molecular weight is 513 g/mol. The minimum Gasteiger partial charge on any atom is -0.251 e. The molecule has 0 saturated heterocycles. The predicted octanol–water partition coefficient (Wildman–Crippen LogP) is 8.98. The summed E-state index contributed by atoms with van der Waals surface area (Å²) in [6.07, 6.45) is 0. The van der Waals surface area contributed by atoms with Crippen LogP contribution in [-0.2, 0) is 0 Å². The molecule has 0 radical (unpaired) electrons. The van der Waals surface area contributed by atoms with Gasteiger partial charge in [-0.1, -0.05) is 72.8 Å². The second-order valence-corrected chi connectivity index (χ2v) is 10.5. The summed E-state index contributed by atoms with van der Waals surface area (Å²) in [5.41, 5.74) is 9.83. The van der Waals surface area contributed by atoms with Crippen LogP contribution < -0.4 is 0 Å². The summed E-state index contributed by atoms with van der Waals surface area (Å²) in [7, 11) is 0. The highest BCUT2D eigenvalue weighted by Gasteiger charge is 2.10. The molecule has 0 bridgehead atoms. The van der Waals surface area contributed by atoms with Crippen molar-refractivity contribution in [2.45, 2.75) is 13.8 Å². The lowest BCUT2D eigenvalue weighted by Gasteiger charge is -2.09. The Morgan fingerprint density at radius 3 is 1.07 bits per heavy atom. The van der Waals surface area contributed by atoms with Crippen LogP contribution in [0.2, 0.25) is 0 Å². The number of aryl methyl sites for hydroxylation is 2. The van der Waals surface area contributed by atoms with Crippen LogP contribution >= 0.6 is 0 Å². The maximum atomic E-state index is 5.07. The van der Waals surface area contributed by atoms with E-state index in [2.05, 4.69) is 97.1 Å². The minimum absolute atomic E-state index is 0.939. The lowest BCUT2D eigenvalue weighted by molar-refractivity contribution is 1.25. The van der Waals surface area contributed by atoms with Crippen molar-refractivity contribution in [1.82, 2.24) is 19.9 Å². The van der Waals surface area contributed by atoms with Crippen LogP contribution in [0.3, 0.4) is 0 Å². The van der Waals surface area contributed by atoms with Crippen molar-refractivity contribution in [3.63, 3.8) is 0 Å². The number of rotatable bonds is 2. The average Bonchev–Trinajstić information content (AvgIpc) is 3.00. The van der Waals surface area contributed by atoms with Crippen LogP contribution in [0.4, 0.5) is 0 Å². The number of hydrogen-bond acceptors (Lipinski definition) is 4. The van der Waals surface area contributed by atoms with E-state index >= 15 is 0 Å². The Labute approximate surface area is 231 Å². The van der Waals surface area contributed by atoms with Gasteiger partial charge in [0.25, 0.3) is 0 Å². The maximum absolute atomic E-state index is 5.07. The van der Waals surface area contributed by atoms with E-state index in [0.29, 0.717) is 0 Å². The molecule has 4 nitrogen and oxygen atoms in total. The number of fused-ring (bicyclic) bond motifs is 7. The van der Waals surface area contributed by atoms with Crippen molar-refractivity contribution in [1.29, 1.82) is 0 Å². The van der Waals surface area contributed by atoms with Crippen molar-refractivity contribution in [3.8, 4) is 22.5 Å². The van der Waals surface area contributed by atoms with Gasteiger partial charge in [0, 0.05) is 44.1 Å². The fourth-order valence-electron chi connectivity index (χ4n) is 5.62. The molecule has 8 aromatic rings. The highest BCUT2D eigenvalue weighted by Crippen LogP contribution is 2.31. The lowest BCUT2D eigenvalue weighted by atomic mass is 10.00. The molecule has 4 aromatic carbocycles. The van der Waals surface area contributed by atoms with E-state index in [1.54, 1.807) is 0 Å². The van der Waals surface area contributed by atoms with Gasteiger partial charge in [-0.2, -0.15) is 0 Å². The standard InChI is InChI=1S/C36H24N4/c1-21-3-5-23-7-9-25-15-17-31(39-35(25)33(23)37-21)29-13-11-28-20-30(14-12-27(28)19-29)32-18-16-26-10-8-24-6-4-22(2)38-34(24)36(26)40-32/h3-20H,1-2H3. The summed E-state index contributed by atoms with van der Waals surface area (Å²) >= 11 is 0. The number of pyridine rings is 4. The van der Waals surface area contributed by atoms with E-state index in [0.717, 1.165) is 77.5 Å². The van der Waals surface area contributed by atoms with Gasteiger partial charge >= 0.3 is 0 Å². The molecule has 4 heteroatoms. The Morgan fingerprint density at radius 1 is 0.325 bits per heavy atom. The van der Waals surface area contributed by atoms with Crippen LogP contribution in [0.1, 0.15) is 11.4 Å². The zero-order valence-corrected chi connectivity index (χ0v) is 22.2. The molecular formula is C36H24N4. The summed E-state index contributed by atoms with van der Waals surface area (Å²) in [4.78, 5) is 19.7. The molecule has 4 heterocycles. The highest BCUT2D eigenvalue weighted by molar-refractivity contribution is 6.05. The van der Waals surface area contributed by atoms with Crippen molar-refractivity contribution in [2.24, 2.45) is 0 Å². The van der Waals surface area contributed by atoms with Crippen molar-refractivity contribution < 1.29 is 0 Å². The van der Waals surface area contributed by atoms with Gasteiger partial charge in [-0.15, -0.1) is 0 Å². The Bertz CT molecular complexity index is 2140. The van der Waals surface area contributed by atoms with Crippen LogP contribution in [-0.4, -0.2) is 19.9 Å². The summed E-state index contributed by atoms with van der Waals surface area (Å²) in [5, 5.41) is 6.74. The number of aromatic nitrogens is 4. The van der Waals surface area contributed by atoms with Gasteiger partial charge in [0.2, 0.25) is 0 Å². The smallest absolute Gasteiger partial charge is 0.0972 e. The molecular weight excluding hydrogens is 488 g/mol. The van der Waals surface area contributed by atoms with E-state index in [1.165, 1.54) is 10.8 Å². The molecule has 0 atom stereocenters. The highest BCUT2D eigenvalue weighted by atomic mass is 14.8. The molecule has 0 amide bonds. The number of nitrogens with zero attached hydrogens (tertiary/aromatic N) is 4. The van der Waals surface area contributed by atoms with E-state index in [1.807, 2.05) is 26.0 Å². The first-order valence-electron chi connectivity index (χ1n) is 13.5. The quantitative estimate of drug-likeness (QED) is 0.217. The minimum atomic E-state index is 0.939. The Hall–Kier alpha value is -5.22. The van der Waals surface area contributed by atoms with E-state index in [-0.39, 0.29) is 0 Å². The molecule has 0 N–H and O–H groups in total. The largest absolute Gasteiger partial charge is 0.251 e. The predicted molar refractivity (Wildman–Crippen MR) is 165 cm³/mol. The lowest BCUT2D eigenvalue weighted by Crippen LogP contribution is -1.91. The van der Waals surface area contributed by atoms with Crippen LogP contribution in [0.25, 0.3) is 76.9 Å². The van der Waals surface area contributed by atoms with E-state index < -0.39 is 0 Å². The van der Waals surface area contributed by atoms with Gasteiger partial charge in [0.15, 0.2) is 0 Å². The van der Waals surface area contributed by atoms with Crippen molar-refractivity contribution >= 4 is 54.4 Å². The first kappa shape index (κ1) is 22.7. The SMILES string of the molecule is Cc1ccc2ccc3ccc(-c4ccc5cc(-c6ccc7ccc8ccc(C)nc8c7n6)ccc5c4)nc3c2n1. The molecule has 0 unspecified atom stereocenters. The Kier molecular flexibility index (Phi) is 4.92. The van der Waals surface area contributed by atoms with Crippen molar-refractivity contribution in [3.05, 3.63) is 121 Å². The molecule has 0 aliphatic rings. The second kappa shape index (κ2) is 8.65. The fourth-order valence-corrected chi connectivity index (χ4v) is 5.62. The Morgan fingerprint density at radius 2 is 0.650 bits per heavy atom. The zero-order valence-electron chi connectivity index (χ0n) is 22.2.